The minimum atomic E-state index is -3.60. The van der Waals surface area contributed by atoms with E-state index >= 15 is 0 Å². The molecule has 4 unspecified atom stereocenters. The maximum atomic E-state index is 13.3. The molecule has 0 aromatic heterocycles. The van der Waals surface area contributed by atoms with E-state index in [1.165, 1.54) is 0 Å². The number of aldehydes is 1. The number of hydrogen-bond acceptors (Lipinski definition) is 7. The van der Waals surface area contributed by atoms with Crippen LogP contribution in [0, 0.1) is 5.92 Å². The van der Waals surface area contributed by atoms with Gasteiger partial charge >= 0.3 is 0 Å². The van der Waals surface area contributed by atoms with Crippen LogP contribution < -0.4 is 0 Å². The molecule has 1 saturated heterocycles. The zero-order valence-corrected chi connectivity index (χ0v) is 28.8. The summed E-state index contributed by atoms with van der Waals surface area (Å²) in [5.41, 5.74) is 0. The van der Waals surface area contributed by atoms with Crippen LogP contribution in [-0.2, 0) is 33.0 Å². The summed E-state index contributed by atoms with van der Waals surface area (Å²) in [7, 11) is -6.22. The predicted octanol–water partition coefficient (Wildman–Crippen LogP) is 6.25. The van der Waals surface area contributed by atoms with Gasteiger partial charge in [0.1, 0.15) is 6.29 Å². The smallest absolute Gasteiger partial charge is 0.192 e. The highest BCUT2D eigenvalue weighted by molar-refractivity contribution is 7.91. The first kappa shape index (κ1) is 34.3. The van der Waals surface area contributed by atoms with E-state index in [9.17, 15) is 13.2 Å². The van der Waals surface area contributed by atoms with Crippen LogP contribution in [0.2, 0.25) is 36.3 Å². The van der Waals surface area contributed by atoms with Crippen molar-refractivity contribution in [3.8, 4) is 0 Å². The van der Waals surface area contributed by atoms with Gasteiger partial charge < -0.3 is 23.1 Å². The summed E-state index contributed by atoms with van der Waals surface area (Å²) in [4.78, 5) is 11.8. The van der Waals surface area contributed by atoms with Gasteiger partial charge in [0, 0.05) is 25.9 Å². The largest absolute Gasteiger partial charge is 0.414 e. The molecule has 10 heteroatoms. The van der Waals surface area contributed by atoms with Gasteiger partial charge in [-0.05, 0) is 48.4 Å². The molecule has 1 aromatic rings. The standard InChI is InChI=1S/C29H52O7SSi2/c1-28(2,3)38(8,9)34-20-22(36-39(10,11)29(4,5)6)19-26-27(33-7)24(25(35-26)17-18-30)21-37(31,32)23-15-13-12-14-16-23/h12-16,18,22,24-27H,17,19-21H2,1-11H3/t22?,24?,25?,26?,27-/m1/s1. The van der Waals surface area contributed by atoms with E-state index in [1.54, 1.807) is 37.4 Å². The number of benzene rings is 1. The summed E-state index contributed by atoms with van der Waals surface area (Å²) in [6, 6.07) is 8.40. The lowest BCUT2D eigenvalue weighted by molar-refractivity contribution is -0.111. The summed E-state index contributed by atoms with van der Waals surface area (Å²) in [5, 5.41) is 0.0607. The average molecular weight is 601 g/mol. The molecule has 1 aliphatic rings. The monoisotopic (exact) mass is 600 g/mol. The quantitative estimate of drug-likeness (QED) is 0.195. The van der Waals surface area contributed by atoms with Crippen LogP contribution in [0.5, 0.6) is 0 Å². The summed E-state index contributed by atoms with van der Waals surface area (Å²) in [6.45, 7) is 22.6. The third-order valence-electron chi connectivity index (χ3n) is 8.93. The molecule has 1 aliphatic heterocycles. The second kappa shape index (κ2) is 13.0. The molecule has 1 fully saturated rings. The highest BCUT2D eigenvalue weighted by Gasteiger charge is 2.49. The first-order chi connectivity index (χ1) is 17.8. The Morgan fingerprint density at radius 2 is 1.51 bits per heavy atom. The molecule has 0 radical (unpaired) electrons. The number of hydrogen-bond donors (Lipinski definition) is 0. The Hall–Kier alpha value is -0.886. The highest BCUT2D eigenvalue weighted by atomic mass is 32.2. The second-order valence-corrected chi connectivity index (χ2v) is 25.5. The third kappa shape index (κ3) is 8.80. The maximum Gasteiger partial charge on any atom is 0.192 e. The van der Waals surface area contributed by atoms with Gasteiger partial charge in [0.05, 0.1) is 41.7 Å². The Morgan fingerprint density at radius 3 is 2.00 bits per heavy atom. The van der Waals surface area contributed by atoms with Crippen molar-refractivity contribution in [3.05, 3.63) is 30.3 Å². The normalized spacial score (nSPS) is 24.1. The van der Waals surface area contributed by atoms with E-state index in [-0.39, 0.29) is 33.2 Å². The number of carbonyl (C=O) groups is 1. The Bertz CT molecular complexity index is 1030. The fourth-order valence-corrected chi connectivity index (χ4v) is 8.49. The Labute approximate surface area is 239 Å². The lowest BCUT2D eigenvalue weighted by atomic mass is 9.94. The molecule has 0 aliphatic carbocycles. The van der Waals surface area contributed by atoms with Crippen molar-refractivity contribution in [2.75, 3.05) is 19.5 Å². The summed E-state index contributed by atoms with van der Waals surface area (Å²) in [5.74, 6) is -0.635. The van der Waals surface area contributed by atoms with Crippen LogP contribution in [0.1, 0.15) is 54.4 Å². The van der Waals surface area contributed by atoms with Gasteiger partial charge in [0.2, 0.25) is 0 Å². The molecule has 224 valence electrons. The van der Waals surface area contributed by atoms with E-state index in [2.05, 4.69) is 67.7 Å². The predicted molar refractivity (Wildman–Crippen MR) is 162 cm³/mol. The third-order valence-corrected chi connectivity index (χ3v) is 19.8. The fraction of sp³-hybridized carbons (Fsp3) is 0.759. The molecule has 2 rings (SSSR count). The zero-order valence-electron chi connectivity index (χ0n) is 25.9. The van der Waals surface area contributed by atoms with Crippen molar-refractivity contribution >= 4 is 32.8 Å². The van der Waals surface area contributed by atoms with E-state index in [4.69, 9.17) is 18.3 Å². The molecule has 0 spiro atoms. The number of carbonyl (C=O) groups excluding carboxylic acids is 1. The van der Waals surface area contributed by atoms with Gasteiger partial charge in [-0.2, -0.15) is 0 Å². The fourth-order valence-electron chi connectivity index (χ4n) is 4.43. The van der Waals surface area contributed by atoms with E-state index in [0.29, 0.717) is 13.0 Å². The molecular weight excluding hydrogens is 549 g/mol. The lowest BCUT2D eigenvalue weighted by Gasteiger charge is -2.42. The van der Waals surface area contributed by atoms with Crippen LogP contribution in [-0.4, -0.2) is 75.2 Å². The van der Waals surface area contributed by atoms with Crippen LogP contribution >= 0.6 is 0 Å². The van der Waals surface area contributed by atoms with Crippen molar-refractivity contribution in [1.29, 1.82) is 0 Å². The molecule has 0 bridgehead atoms. The number of rotatable bonds is 13. The van der Waals surface area contributed by atoms with Crippen molar-refractivity contribution < 1.29 is 31.5 Å². The first-order valence-electron chi connectivity index (χ1n) is 14.0. The molecule has 0 N–H and O–H groups in total. The molecule has 1 heterocycles. The topological polar surface area (TPSA) is 88.1 Å². The summed E-state index contributed by atoms with van der Waals surface area (Å²) >= 11 is 0. The maximum absolute atomic E-state index is 13.3. The second-order valence-electron chi connectivity index (χ2n) is 13.9. The molecule has 39 heavy (non-hydrogen) atoms. The van der Waals surface area contributed by atoms with Crippen LogP contribution in [0.4, 0.5) is 0 Å². The van der Waals surface area contributed by atoms with Gasteiger partial charge in [-0.3, -0.25) is 0 Å². The van der Waals surface area contributed by atoms with Gasteiger partial charge in [-0.25, -0.2) is 8.42 Å². The minimum Gasteiger partial charge on any atom is -0.414 e. The number of sulfone groups is 1. The summed E-state index contributed by atoms with van der Waals surface area (Å²) in [6.07, 6.45) is -0.307. The molecule has 1 aromatic carbocycles. The zero-order chi connectivity index (χ0) is 29.9. The first-order valence-corrected chi connectivity index (χ1v) is 21.4. The Balaban J connectivity index is 2.35. The van der Waals surface area contributed by atoms with Crippen LogP contribution in [0.15, 0.2) is 35.2 Å². The molecule has 0 saturated carbocycles. The van der Waals surface area contributed by atoms with Gasteiger partial charge in [-0.1, -0.05) is 59.7 Å². The van der Waals surface area contributed by atoms with E-state index in [0.717, 1.165) is 6.29 Å². The average Bonchev–Trinajstić information content (AvgIpc) is 3.11. The van der Waals surface area contributed by atoms with Gasteiger partial charge in [0.15, 0.2) is 26.5 Å². The summed E-state index contributed by atoms with van der Waals surface area (Å²) < 4.78 is 52.4. The SMILES string of the molecule is CO[C@H]1C(CC(CO[Si](C)(C)C(C)(C)C)O[Si](C)(C)C(C)(C)C)OC(CC=O)C1CS(=O)(=O)c1ccccc1. The molecule has 7 nitrogen and oxygen atoms in total. The number of ether oxygens (including phenoxy) is 2. The van der Waals surface area contributed by atoms with E-state index in [1.807, 2.05) is 0 Å². The Kier molecular flexibility index (Phi) is 11.4. The minimum absolute atomic E-state index is 0.00572. The van der Waals surface area contributed by atoms with Crippen LogP contribution in [0.25, 0.3) is 0 Å². The van der Waals surface area contributed by atoms with Crippen molar-refractivity contribution in [2.24, 2.45) is 5.92 Å². The highest BCUT2D eigenvalue weighted by Crippen LogP contribution is 2.41. The van der Waals surface area contributed by atoms with Crippen molar-refractivity contribution in [2.45, 2.75) is 120 Å². The lowest BCUT2D eigenvalue weighted by Crippen LogP contribution is -2.49. The number of methoxy groups -OCH3 is 1. The van der Waals surface area contributed by atoms with E-state index < -0.39 is 50.7 Å². The van der Waals surface area contributed by atoms with Gasteiger partial charge in [0.25, 0.3) is 0 Å². The molecule has 5 atom stereocenters. The van der Waals surface area contributed by atoms with Gasteiger partial charge in [-0.15, -0.1) is 0 Å². The van der Waals surface area contributed by atoms with Crippen LogP contribution in [0.3, 0.4) is 0 Å². The molecule has 0 amide bonds. The Morgan fingerprint density at radius 1 is 0.949 bits per heavy atom. The van der Waals surface area contributed by atoms with Crippen molar-refractivity contribution in [3.63, 3.8) is 0 Å². The molecular formula is C29H52O7SSi2. The van der Waals surface area contributed by atoms with Crippen molar-refractivity contribution in [1.82, 2.24) is 0 Å².